The number of alkyl halides is 1. The molecule has 0 fully saturated rings. The van der Waals surface area contributed by atoms with Crippen molar-refractivity contribution in [2.75, 3.05) is 21.7 Å². The number of nitrogens with one attached hydrogen (secondary N) is 2. The van der Waals surface area contributed by atoms with Gasteiger partial charge in [-0.1, -0.05) is 11.6 Å². The van der Waals surface area contributed by atoms with Crippen molar-refractivity contribution in [2.24, 2.45) is 0 Å². The number of unbranched alkanes of at least 4 members (excludes halogenated alkanes) is 1. The van der Waals surface area contributed by atoms with Gasteiger partial charge >= 0.3 is 0 Å². The van der Waals surface area contributed by atoms with Crippen LogP contribution in [0, 0.1) is 0 Å². The van der Waals surface area contributed by atoms with E-state index < -0.39 is 10.0 Å². The van der Waals surface area contributed by atoms with Crippen molar-refractivity contribution in [3.63, 3.8) is 0 Å². The minimum Gasteiger partial charge on any atom is -0.325 e. The molecule has 0 saturated heterocycles. The maximum atomic E-state index is 11.9. The largest absolute Gasteiger partial charge is 0.325 e. The number of carbonyl (C=O) groups excluding carboxylic acids is 1. The Morgan fingerprint density at radius 2 is 2.05 bits per heavy atom. The first-order valence-electron chi connectivity index (χ1n) is 6.10. The second-order valence-corrected chi connectivity index (χ2v) is 7.16. The molecule has 1 aliphatic rings. The number of halogens is 2. The van der Waals surface area contributed by atoms with Crippen molar-refractivity contribution < 1.29 is 13.2 Å². The maximum Gasteiger partial charge on any atom is 0.232 e. The molecule has 8 heteroatoms. The lowest BCUT2D eigenvalue weighted by Crippen LogP contribution is -2.17. The molecule has 2 rings (SSSR count). The van der Waals surface area contributed by atoms with Gasteiger partial charge in [0.15, 0.2) is 0 Å². The Labute approximate surface area is 127 Å². The maximum absolute atomic E-state index is 11.9. The average Bonchev–Trinajstić information content (AvgIpc) is 2.68. The zero-order chi connectivity index (χ0) is 14.8. The molecule has 110 valence electrons. The van der Waals surface area contributed by atoms with Gasteiger partial charge in [-0.05, 0) is 30.5 Å². The normalized spacial score (nSPS) is 14.0. The van der Waals surface area contributed by atoms with E-state index in [4.69, 9.17) is 23.2 Å². The van der Waals surface area contributed by atoms with E-state index in [1.54, 1.807) is 12.1 Å². The van der Waals surface area contributed by atoms with Crippen LogP contribution >= 0.6 is 23.2 Å². The Morgan fingerprint density at radius 1 is 1.30 bits per heavy atom. The lowest BCUT2D eigenvalue weighted by atomic mass is 10.1. The van der Waals surface area contributed by atoms with Gasteiger partial charge in [-0.15, -0.1) is 11.6 Å². The molecule has 0 aliphatic carbocycles. The molecule has 1 amide bonds. The molecule has 0 atom stereocenters. The first-order chi connectivity index (χ1) is 9.41. The van der Waals surface area contributed by atoms with Crippen LogP contribution < -0.4 is 10.0 Å². The van der Waals surface area contributed by atoms with Crippen LogP contribution in [-0.2, 0) is 21.2 Å². The predicted molar refractivity (Wildman–Crippen MR) is 81.1 cm³/mol. The third-order valence-electron chi connectivity index (χ3n) is 2.88. The van der Waals surface area contributed by atoms with E-state index in [0.29, 0.717) is 30.1 Å². The Hall–Kier alpha value is -0.980. The van der Waals surface area contributed by atoms with Gasteiger partial charge in [0, 0.05) is 11.6 Å². The monoisotopic (exact) mass is 336 g/mol. The second-order valence-electron chi connectivity index (χ2n) is 4.53. The van der Waals surface area contributed by atoms with Crippen LogP contribution in [0.4, 0.5) is 11.4 Å². The number of hydrogen-bond donors (Lipinski definition) is 2. The molecule has 5 nitrogen and oxygen atoms in total. The van der Waals surface area contributed by atoms with Gasteiger partial charge in [-0.25, -0.2) is 8.42 Å². The zero-order valence-electron chi connectivity index (χ0n) is 10.6. The van der Waals surface area contributed by atoms with Gasteiger partial charge in [-0.2, -0.15) is 0 Å². The van der Waals surface area contributed by atoms with Crippen LogP contribution in [0.25, 0.3) is 0 Å². The summed E-state index contributed by atoms with van der Waals surface area (Å²) >= 11 is 11.5. The highest BCUT2D eigenvalue weighted by Gasteiger charge is 2.21. The SMILES string of the molecule is O=C1Cc2cc(NS(=O)(=O)CCCCCl)c(Cl)cc2N1. The van der Waals surface area contributed by atoms with E-state index in [1.165, 1.54) is 0 Å². The van der Waals surface area contributed by atoms with Gasteiger partial charge in [-0.3, -0.25) is 9.52 Å². The minimum absolute atomic E-state index is 0.00961. The average molecular weight is 337 g/mol. The molecule has 0 spiro atoms. The van der Waals surface area contributed by atoms with E-state index in [2.05, 4.69) is 10.0 Å². The topological polar surface area (TPSA) is 75.3 Å². The first kappa shape index (κ1) is 15.4. The van der Waals surface area contributed by atoms with Crippen LogP contribution in [-0.4, -0.2) is 26.0 Å². The van der Waals surface area contributed by atoms with Gasteiger partial charge in [0.25, 0.3) is 0 Å². The first-order valence-corrected chi connectivity index (χ1v) is 8.66. The molecular formula is C12H14Cl2N2O3S. The summed E-state index contributed by atoms with van der Waals surface area (Å²) in [6.45, 7) is 0. The molecule has 0 bridgehead atoms. The molecule has 1 aliphatic heterocycles. The number of amides is 1. The lowest BCUT2D eigenvalue weighted by molar-refractivity contribution is -0.115. The number of benzene rings is 1. The van der Waals surface area contributed by atoms with Crippen LogP contribution in [0.15, 0.2) is 12.1 Å². The van der Waals surface area contributed by atoms with Gasteiger partial charge < -0.3 is 5.32 Å². The molecule has 2 N–H and O–H groups in total. The summed E-state index contributed by atoms with van der Waals surface area (Å²) in [5.41, 5.74) is 1.66. The summed E-state index contributed by atoms with van der Waals surface area (Å²) in [7, 11) is -3.46. The predicted octanol–water partition coefficient (Wildman–Crippen LogP) is 2.60. The third-order valence-corrected chi connectivity index (χ3v) is 4.82. The molecule has 1 aromatic carbocycles. The fraction of sp³-hybridized carbons (Fsp3) is 0.417. The lowest BCUT2D eigenvalue weighted by Gasteiger charge is -2.11. The summed E-state index contributed by atoms with van der Waals surface area (Å²) in [5.74, 6) is 0.297. The summed E-state index contributed by atoms with van der Waals surface area (Å²) < 4.78 is 26.2. The fourth-order valence-electron chi connectivity index (χ4n) is 1.93. The van der Waals surface area contributed by atoms with E-state index in [-0.39, 0.29) is 23.1 Å². The zero-order valence-corrected chi connectivity index (χ0v) is 12.9. The van der Waals surface area contributed by atoms with Crippen LogP contribution in [0.5, 0.6) is 0 Å². The van der Waals surface area contributed by atoms with Gasteiger partial charge in [0.2, 0.25) is 15.9 Å². The van der Waals surface area contributed by atoms with Crippen molar-refractivity contribution in [1.82, 2.24) is 0 Å². The van der Waals surface area contributed by atoms with E-state index >= 15 is 0 Å². The molecule has 1 aromatic rings. The highest BCUT2D eigenvalue weighted by atomic mass is 35.5. The van der Waals surface area contributed by atoms with Crippen molar-refractivity contribution in [2.45, 2.75) is 19.3 Å². The van der Waals surface area contributed by atoms with Crippen molar-refractivity contribution >= 4 is 50.5 Å². The second kappa shape index (κ2) is 6.20. The number of fused-ring (bicyclic) bond motifs is 1. The number of rotatable bonds is 6. The van der Waals surface area contributed by atoms with Crippen LogP contribution in [0.3, 0.4) is 0 Å². The van der Waals surface area contributed by atoms with E-state index in [1.807, 2.05) is 0 Å². The van der Waals surface area contributed by atoms with E-state index in [9.17, 15) is 13.2 Å². The van der Waals surface area contributed by atoms with Gasteiger partial charge in [0.1, 0.15) is 0 Å². The van der Waals surface area contributed by atoms with Crippen molar-refractivity contribution in [1.29, 1.82) is 0 Å². The molecule has 0 saturated carbocycles. The Bertz CT molecular complexity index is 632. The highest BCUT2D eigenvalue weighted by molar-refractivity contribution is 7.92. The number of sulfonamides is 1. The quantitative estimate of drug-likeness (QED) is 0.619. The molecule has 20 heavy (non-hydrogen) atoms. The summed E-state index contributed by atoms with van der Waals surface area (Å²) in [6, 6.07) is 3.15. The molecule has 0 unspecified atom stereocenters. The summed E-state index contributed by atoms with van der Waals surface area (Å²) in [5, 5.41) is 2.91. The molecular weight excluding hydrogens is 323 g/mol. The standard InChI is InChI=1S/C12H14Cl2N2O3S/c13-3-1-2-4-20(18,19)16-11-5-8-6-12(17)15-10(8)7-9(11)14/h5,7,16H,1-4,6H2,(H,15,17). The Morgan fingerprint density at radius 3 is 2.75 bits per heavy atom. The van der Waals surface area contributed by atoms with Crippen LogP contribution in [0.2, 0.25) is 5.02 Å². The van der Waals surface area contributed by atoms with E-state index in [0.717, 1.165) is 5.56 Å². The highest BCUT2D eigenvalue weighted by Crippen LogP contribution is 2.33. The number of anilines is 2. The smallest absolute Gasteiger partial charge is 0.232 e. The molecule has 0 radical (unpaired) electrons. The fourth-order valence-corrected chi connectivity index (χ4v) is 3.58. The Kier molecular flexibility index (Phi) is 4.78. The van der Waals surface area contributed by atoms with Gasteiger partial charge in [0.05, 0.1) is 22.9 Å². The number of hydrogen-bond acceptors (Lipinski definition) is 3. The molecule has 1 heterocycles. The van der Waals surface area contributed by atoms with Crippen molar-refractivity contribution in [3.8, 4) is 0 Å². The Balaban J connectivity index is 2.14. The third kappa shape index (κ3) is 3.77. The van der Waals surface area contributed by atoms with Crippen molar-refractivity contribution in [3.05, 3.63) is 22.7 Å². The molecule has 0 aromatic heterocycles. The number of carbonyl (C=O) groups is 1. The minimum atomic E-state index is -3.46. The summed E-state index contributed by atoms with van der Waals surface area (Å²) in [6.07, 6.45) is 1.35. The van der Waals surface area contributed by atoms with Crippen LogP contribution in [0.1, 0.15) is 18.4 Å². The summed E-state index contributed by atoms with van der Waals surface area (Å²) in [4.78, 5) is 11.3.